The van der Waals surface area contributed by atoms with Gasteiger partial charge < -0.3 is 14.1 Å². The molecule has 0 unspecified atom stereocenters. The molecule has 8 heteroatoms. The van der Waals surface area contributed by atoms with Crippen LogP contribution in [0.25, 0.3) is 22.1 Å². The fraction of sp³-hybridized carbons (Fsp3) is 0.214. The summed E-state index contributed by atoms with van der Waals surface area (Å²) >= 11 is 0. The van der Waals surface area contributed by atoms with E-state index < -0.39 is 22.9 Å². The molecule has 4 aromatic rings. The summed E-state index contributed by atoms with van der Waals surface area (Å²) in [7, 11) is 0. The molecule has 0 saturated heterocycles. The molecule has 0 atom stereocenters. The minimum Gasteiger partial charge on any atom is -0.483 e. The van der Waals surface area contributed by atoms with E-state index in [1.54, 1.807) is 35.2 Å². The molecule has 3 aromatic carbocycles. The molecule has 0 N–H and O–H groups in total. The van der Waals surface area contributed by atoms with Gasteiger partial charge in [-0.3, -0.25) is 9.59 Å². The first-order chi connectivity index (χ1) is 17.2. The van der Waals surface area contributed by atoms with Crippen molar-refractivity contribution in [2.24, 2.45) is 0 Å². The predicted octanol–water partition coefficient (Wildman–Crippen LogP) is 6.47. The highest BCUT2D eigenvalue weighted by molar-refractivity contribution is 5.94. The maximum atomic E-state index is 13.9. The second kappa shape index (κ2) is 10.3. The normalized spacial score (nSPS) is 11.5. The first-order valence-corrected chi connectivity index (χ1v) is 11.5. The predicted molar refractivity (Wildman–Crippen MR) is 132 cm³/mol. The number of amides is 1. The summed E-state index contributed by atoms with van der Waals surface area (Å²) in [6.07, 6.45) is -4.47. The zero-order valence-electron chi connectivity index (χ0n) is 19.8. The Hall–Kier alpha value is -4.07. The van der Waals surface area contributed by atoms with Gasteiger partial charge in [0.2, 0.25) is 11.2 Å². The van der Waals surface area contributed by atoms with Crippen molar-refractivity contribution in [3.63, 3.8) is 0 Å². The van der Waals surface area contributed by atoms with Crippen LogP contribution >= 0.6 is 0 Å². The molecule has 1 amide bonds. The van der Waals surface area contributed by atoms with Crippen LogP contribution in [0.3, 0.4) is 0 Å². The molecule has 0 aliphatic rings. The van der Waals surface area contributed by atoms with Crippen LogP contribution in [0.1, 0.15) is 25.2 Å². The summed E-state index contributed by atoms with van der Waals surface area (Å²) in [5.74, 6) is -1.51. The minimum absolute atomic E-state index is 0.0110. The fourth-order valence-corrected chi connectivity index (χ4v) is 4.07. The van der Waals surface area contributed by atoms with Gasteiger partial charge in [0.05, 0.1) is 10.9 Å². The van der Waals surface area contributed by atoms with Crippen molar-refractivity contribution in [2.75, 3.05) is 18.1 Å². The smallest absolute Gasteiger partial charge is 0.450 e. The molecule has 4 rings (SSSR count). The third-order valence-corrected chi connectivity index (χ3v) is 5.81. The quantitative estimate of drug-likeness (QED) is 0.295. The Bertz CT molecular complexity index is 1430. The number of rotatable bonds is 7. The number of fused-ring (bicyclic) bond motifs is 1. The maximum Gasteiger partial charge on any atom is 0.450 e. The molecule has 1 aromatic heterocycles. The third kappa shape index (κ3) is 4.98. The summed E-state index contributed by atoms with van der Waals surface area (Å²) < 4.78 is 52.8. The van der Waals surface area contributed by atoms with Crippen LogP contribution in [0.4, 0.5) is 18.9 Å². The summed E-state index contributed by atoms with van der Waals surface area (Å²) in [6, 6.07) is 19.4. The molecule has 1 heterocycles. The van der Waals surface area contributed by atoms with Gasteiger partial charge >= 0.3 is 6.18 Å². The number of carbonyl (C=O) groups is 1. The summed E-state index contributed by atoms with van der Waals surface area (Å²) in [4.78, 5) is 27.6. The van der Waals surface area contributed by atoms with Crippen molar-refractivity contribution in [1.82, 2.24) is 0 Å². The molecule has 5 nitrogen and oxygen atoms in total. The van der Waals surface area contributed by atoms with E-state index in [-0.39, 0.29) is 34.8 Å². The van der Waals surface area contributed by atoms with E-state index in [0.717, 1.165) is 0 Å². The number of aryl methyl sites for hydroxylation is 1. The Morgan fingerprint density at radius 3 is 2.19 bits per heavy atom. The number of ether oxygens (including phenoxy) is 1. The minimum atomic E-state index is -4.89. The number of benzene rings is 3. The summed E-state index contributed by atoms with van der Waals surface area (Å²) in [5, 5.41) is 0.0110. The SMILES string of the molecule is CCc1cc2c(=O)c(-c3ccccc3)c(C(F)(F)F)oc2cc1OCC(=O)N(CC)c1ccccc1. The largest absolute Gasteiger partial charge is 0.483 e. The lowest BCUT2D eigenvalue weighted by Gasteiger charge is -2.21. The van der Waals surface area contributed by atoms with E-state index in [2.05, 4.69) is 0 Å². The van der Waals surface area contributed by atoms with Gasteiger partial charge in [0.1, 0.15) is 11.3 Å². The van der Waals surface area contributed by atoms with Crippen molar-refractivity contribution < 1.29 is 27.1 Å². The molecule has 0 spiro atoms. The van der Waals surface area contributed by atoms with Crippen molar-refractivity contribution in [2.45, 2.75) is 26.4 Å². The van der Waals surface area contributed by atoms with Gasteiger partial charge in [-0.1, -0.05) is 55.5 Å². The van der Waals surface area contributed by atoms with Crippen molar-refractivity contribution >= 4 is 22.6 Å². The summed E-state index contributed by atoms with van der Waals surface area (Å²) in [5.41, 5.74) is -0.190. The highest BCUT2D eigenvalue weighted by atomic mass is 19.4. The van der Waals surface area contributed by atoms with E-state index in [1.807, 2.05) is 32.0 Å². The van der Waals surface area contributed by atoms with E-state index in [4.69, 9.17) is 9.15 Å². The average Bonchev–Trinajstić information content (AvgIpc) is 2.88. The number of anilines is 1. The Balaban J connectivity index is 1.75. The van der Waals surface area contributed by atoms with E-state index in [1.165, 1.54) is 24.3 Å². The second-order valence-electron chi connectivity index (χ2n) is 8.07. The number of hydrogen-bond donors (Lipinski definition) is 0. The molecule has 36 heavy (non-hydrogen) atoms. The van der Waals surface area contributed by atoms with Gasteiger partial charge in [-0.05, 0) is 42.7 Å². The third-order valence-electron chi connectivity index (χ3n) is 5.81. The number of para-hydroxylation sites is 1. The second-order valence-corrected chi connectivity index (χ2v) is 8.07. The first-order valence-electron chi connectivity index (χ1n) is 11.5. The average molecular weight is 495 g/mol. The van der Waals surface area contributed by atoms with E-state index in [9.17, 15) is 22.8 Å². The van der Waals surface area contributed by atoms with Crippen LogP contribution in [0.15, 0.2) is 82.0 Å². The zero-order valence-corrected chi connectivity index (χ0v) is 19.8. The maximum absolute atomic E-state index is 13.9. The molecule has 0 bridgehead atoms. The van der Waals surface area contributed by atoms with Crippen molar-refractivity contribution in [1.29, 1.82) is 0 Å². The molecule has 0 aliphatic heterocycles. The van der Waals surface area contributed by atoms with Gasteiger partial charge in [0, 0.05) is 18.3 Å². The Labute approximate surface area is 205 Å². The Morgan fingerprint density at radius 1 is 0.972 bits per heavy atom. The lowest BCUT2D eigenvalue weighted by Crippen LogP contribution is -2.34. The Kier molecular flexibility index (Phi) is 7.15. The van der Waals surface area contributed by atoms with Crippen molar-refractivity contribution in [3.8, 4) is 16.9 Å². The standard InChI is InChI=1S/C28H24F3NO4/c1-3-18-15-21-23(16-22(18)35-17-24(33)32(4-2)20-13-9-6-10-14-20)36-27(28(29,30)31)25(26(21)34)19-11-7-5-8-12-19/h5-16H,3-4,17H2,1-2H3. The molecule has 0 fully saturated rings. The first kappa shape index (κ1) is 25.0. The highest BCUT2D eigenvalue weighted by Crippen LogP contribution is 2.38. The van der Waals surface area contributed by atoms with Crippen LogP contribution in [-0.2, 0) is 17.4 Å². The lowest BCUT2D eigenvalue weighted by molar-refractivity contribution is -0.152. The van der Waals surface area contributed by atoms with Gasteiger partial charge in [0.15, 0.2) is 6.61 Å². The Morgan fingerprint density at radius 2 is 1.61 bits per heavy atom. The van der Waals surface area contributed by atoms with Crippen LogP contribution in [0.5, 0.6) is 5.75 Å². The number of alkyl halides is 3. The molecular weight excluding hydrogens is 471 g/mol. The number of carbonyl (C=O) groups excluding carboxylic acids is 1. The summed E-state index contributed by atoms with van der Waals surface area (Å²) in [6.45, 7) is 3.73. The molecule has 0 radical (unpaired) electrons. The van der Waals surface area contributed by atoms with Gasteiger partial charge in [-0.15, -0.1) is 0 Å². The fourth-order valence-electron chi connectivity index (χ4n) is 4.07. The molecule has 0 saturated carbocycles. The topological polar surface area (TPSA) is 59.8 Å². The van der Waals surface area contributed by atoms with Gasteiger partial charge in [-0.25, -0.2) is 0 Å². The molecule has 186 valence electrons. The number of hydrogen-bond acceptors (Lipinski definition) is 4. The van der Waals surface area contributed by atoms with E-state index >= 15 is 0 Å². The molecule has 0 aliphatic carbocycles. The van der Waals surface area contributed by atoms with Crippen LogP contribution in [0, 0.1) is 0 Å². The molecular formula is C28H24F3NO4. The number of likely N-dealkylation sites (N-methyl/N-ethyl adjacent to an activating group) is 1. The van der Waals surface area contributed by atoms with Crippen LogP contribution < -0.4 is 15.1 Å². The van der Waals surface area contributed by atoms with Gasteiger partial charge in [-0.2, -0.15) is 13.2 Å². The van der Waals surface area contributed by atoms with Crippen LogP contribution in [0.2, 0.25) is 0 Å². The highest BCUT2D eigenvalue weighted by Gasteiger charge is 2.39. The monoisotopic (exact) mass is 495 g/mol. The van der Waals surface area contributed by atoms with Crippen molar-refractivity contribution in [3.05, 3.63) is 94.3 Å². The van der Waals surface area contributed by atoms with E-state index in [0.29, 0.717) is 24.2 Å². The lowest BCUT2D eigenvalue weighted by atomic mass is 10.00. The number of halogens is 3. The van der Waals surface area contributed by atoms with Gasteiger partial charge in [0.25, 0.3) is 5.91 Å². The zero-order chi connectivity index (χ0) is 25.9. The number of nitrogens with zero attached hydrogens (tertiary/aromatic N) is 1. The van der Waals surface area contributed by atoms with Crippen LogP contribution in [-0.4, -0.2) is 19.1 Å².